The van der Waals surface area contributed by atoms with Crippen LogP contribution in [0.4, 0.5) is 0 Å². The van der Waals surface area contributed by atoms with Crippen LogP contribution in [0.25, 0.3) is 0 Å². The van der Waals surface area contributed by atoms with E-state index in [9.17, 15) is 0 Å². The van der Waals surface area contributed by atoms with Gasteiger partial charge in [-0.05, 0) is 43.4 Å². The molecule has 3 nitrogen and oxygen atoms in total. The second kappa shape index (κ2) is 7.09. The van der Waals surface area contributed by atoms with Gasteiger partial charge in [-0.3, -0.25) is 0 Å². The van der Waals surface area contributed by atoms with E-state index in [0.717, 1.165) is 44.6 Å². The van der Waals surface area contributed by atoms with E-state index < -0.39 is 0 Å². The van der Waals surface area contributed by atoms with Gasteiger partial charge in [0, 0.05) is 19.2 Å². The molecule has 1 unspecified atom stereocenters. The molecule has 1 aromatic carbocycles. The van der Waals surface area contributed by atoms with Crippen molar-refractivity contribution in [3.8, 4) is 5.75 Å². The van der Waals surface area contributed by atoms with Gasteiger partial charge < -0.3 is 14.8 Å². The predicted octanol–water partition coefficient (Wildman–Crippen LogP) is 3.52. The maximum absolute atomic E-state index is 6.02. The highest BCUT2D eigenvalue weighted by molar-refractivity contribution is 5.27. The Morgan fingerprint density at radius 2 is 1.95 bits per heavy atom. The van der Waals surface area contributed by atoms with Crippen LogP contribution in [-0.2, 0) is 11.3 Å². The van der Waals surface area contributed by atoms with E-state index in [1.165, 1.54) is 5.56 Å². The molecule has 20 heavy (non-hydrogen) atoms. The SMILES string of the molecule is CCC1(CC)CC(NCc2ccc(OC)cc2)CCO1. The number of hydrogen-bond donors (Lipinski definition) is 1. The molecule has 3 heteroatoms. The monoisotopic (exact) mass is 277 g/mol. The van der Waals surface area contributed by atoms with Gasteiger partial charge in [-0.2, -0.15) is 0 Å². The van der Waals surface area contributed by atoms with Crippen molar-refractivity contribution in [1.29, 1.82) is 0 Å². The molecule has 0 amide bonds. The lowest BCUT2D eigenvalue weighted by atomic mass is 9.86. The van der Waals surface area contributed by atoms with Crippen molar-refractivity contribution >= 4 is 0 Å². The summed E-state index contributed by atoms with van der Waals surface area (Å²) in [7, 11) is 1.70. The van der Waals surface area contributed by atoms with Crippen LogP contribution in [0.15, 0.2) is 24.3 Å². The molecule has 1 atom stereocenters. The van der Waals surface area contributed by atoms with E-state index in [4.69, 9.17) is 9.47 Å². The molecule has 1 N–H and O–H groups in total. The highest BCUT2D eigenvalue weighted by Gasteiger charge is 2.34. The van der Waals surface area contributed by atoms with Crippen molar-refractivity contribution in [2.75, 3.05) is 13.7 Å². The normalized spacial score (nSPS) is 21.6. The van der Waals surface area contributed by atoms with Crippen molar-refractivity contribution in [2.45, 2.75) is 57.7 Å². The minimum Gasteiger partial charge on any atom is -0.497 e. The molecule has 0 bridgehead atoms. The fourth-order valence-electron chi connectivity index (χ4n) is 2.95. The van der Waals surface area contributed by atoms with Gasteiger partial charge in [0.1, 0.15) is 5.75 Å². The Kier molecular flexibility index (Phi) is 5.44. The molecule has 1 heterocycles. The summed E-state index contributed by atoms with van der Waals surface area (Å²) >= 11 is 0. The van der Waals surface area contributed by atoms with Crippen LogP contribution in [0.1, 0.15) is 45.1 Å². The predicted molar refractivity (Wildman–Crippen MR) is 82.1 cm³/mol. The Bertz CT molecular complexity index is 398. The summed E-state index contributed by atoms with van der Waals surface area (Å²) in [5, 5.41) is 3.68. The molecule has 2 rings (SSSR count). The third-order valence-electron chi connectivity index (χ3n) is 4.54. The van der Waals surface area contributed by atoms with Gasteiger partial charge in [0.2, 0.25) is 0 Å². The first-order chi connectivity index (χ1) is 9.71. The summed E-state index contributed by atoms with van der Waals surface area (Å²) in [6.07, 6.45) is 4.43. The van der Waals surface area contributed by atoms with E-state index in [2.05, 4.69) is 31.3 Å². The molecule has 1 aliphatic heterocycles. The van der Waals surface area contributed by atoms with Crippen molar-refractivity contribution in [2.24, 2.45) is 0 Å². The summed E-state index contributed by atoms with van der Waals surface area (Å²) in [4.78, 5) is 0. The third-order valence-corrected chi connectivity index (χ3v) is 4.54. The Hall–Kier alpha value is -1.06. The number of methoxy groups -OCH3 is 1. The molecule has 0 radical (unpaired) electrons. The fourth-order valence-corrected chi connectivity index (χ4v) is 2.95. The van der Waals surface area contributed by atoms with Gasteiger partial charge in [0.15, 0.2) is 0 Å². The van der Waals surface area contributed by atoms with E-state index >= 15 is 0 Å². The smallest absolute Gasteiger partial charge is 0.118 e. The zero-order valence-corrected chi connectivity index (χ0v) is 12.9. The van der Waals surface area contributed by atoms with E-state index in [0.29, 0.717) is 6.04 Å². The quantitative estimate of drug-likeness (QED) is 0.863. The minimum absolute atomic E-state index is 0.0931. The standard InChI is InChI=1S/C17H27NO2/c1-4-17(5-2)12-15(10-11-20-17)18-13-14-6-8-16(19-3)9-7-14/h6-9,15,18H,4-5,10-13H2,1-3H3. The van der Waals surface area contributed by atoms with Crippen LogP contribution in [-0.4, -0.2) is 25.4 Å². The van der Waals surface area contributed by atoms with E-state index in [-0.39, 0.29) is 5.60 Å². The number of rotatable bonds is 6. The first-order valence-corrected chi connectivity index (χ1v) is 7.71. The maximum atomic E-state index is 6.02. The van der Waals surface area contributed by atoms with Gasteiger partial charge in [-0.15, -0.1) is 0 Å². The lowest BCUT2D eigenvalue weighted by molar-refractivity contribution is -0.0932. The number of ether oxygens (including phenoxy) is 2. The molecule has 1 fully saturated rings. The zero-order valence-electron chi connectivity index (χ0n) is 12.9. The van der Waals surface area contributed by atoms with E-state index in [1.54, 1.807) is 7.11 Å². The van der Waals surface area contributed by atoms with Crippen LogP contribution in [0, 0.1) is 0 Å². The highest BCUT2D eigenvalue weighted by atomic mass is 16.5. The van der Waals surface area contributed by atoms with Gasteiger partial charge >= 0.3 is 0 Å². The summed E-state index contributed by atoms with van der Waals surface area (Å²) in [5.74, 6) is 0.913. The molecule has 0 spiro atoms. The highest BCUT2D eigenvalue weighted by Crippen LogP contribution is 2.31. The number of nitrogens with one attached hydrogen (secondary N) is 1. The topological polar surface area (TPSA) is 30.5 Å². The second-order valence-corrected chi connectivity index (χ2v) is 5.66. The molecule has 1 aromatic rings. The van der Waals surface area contributed by atoms with Gasteiger partial charge in [-0.25, -0.2) is 0 Å². The molecule has 0 saturated carbocycles. The van der Waals surface area contributed by atoms with Crippen LogP contribution in [0.3, 0.4) is 0 Å². The molecule has 0 aliphatic carbocycles. The Morgan fingerprint density at radius 1 is 1.25 bits per heavy atom. The summed E-state index contributed by atoms with van der Waals surface area (Å²) in [5.41, 5.74) is 1.39. The van der Waals surface area contributed by atoms with E-state index in [1.807, 2.05) is 12.1 Å². The molecular weight excluding hydrogens is 250 g/mol. The van der Waals surface area contributed by atoms with Crippen LogP contribution in [0.2, 0.25) is 0 Å². The second-order valence-electron chi connectivity index (χ2n) is 5.66. The van der Waals surface area contributed by atoms with Crippen LogP contribution >= 0.6 is 0 Å². The molecule has 1 saturated heterocycles. The first kappa shape index (κ1) is 15.3. The Morgan fingerprint density at radius 3 is 2.55 bits per heavy atom. The molecule has 1 aliphatic rings. The number of hydrogen-bond acceptors (Lipinski definition) is 3. The first-order valence-electron chi connectivity index (χ1n) is 7.71. The van der Waals surface area contributed by atoms with Crippen LogP contribution in [0.5, 0.6) is 5.75 Å². The van der Waals surface area contributed by atoms with Crippen molar-refractivity contribution in [3.05, 3.63) is 29.8 Å². The lowest BCUT2D eigenvalue weighted by Gasteiger charge is -2.40. The van der Waals surface area contributed by atoms with Crippen molar-refractivity contribution in [1.82, 2.24) is 5.32 Å². The summed E-state index contributed by atoms with van der Waals surface area (Å²) in [6.45, 7) is 6.25. The van der Waals surface area contributed by atoms with Crippen LogP contribution < -0.4 is 10.1 Å². The summed E-state index contributed by atoms with van der Waals surface area (Å²) in [6, 6.07) is 8.84. The van der Waals surface area contributed by atoms with Gasteiger partial charge in [-0.1, -0.05) is 26.0 Å². The van der Waals surface area contributed by atoms with Gasteiger partial charge in [0.25, 0.3) is 0 Å². The molecule has 112 valence electrons. The Balaban J connectivity index is 1.86. The zero-order chi connectivity index (χ0) is 14.4. The van der Waals surface area contributed by atoms with Crippen molar-refractivity contribution < 1.29 is 9.47 Å². The largest absolute Gasteiger partial charge is 0.497 e. The maximum Gasteiger partial charge on any atom is 0.118 e. The van der Waals surface area contributed by atoms with Crippen molar-refractivity contribution in [3.63, 3.8) is 0 Å². The fraction of sp³-hybridized carbons (Fsp3) is 0.647. The Labute approximate surface area is 122 Å². The molecular formula is C17H27NO2. The average Bonchev–Trinajstić information content (AvgIpc) is 2.53. The number of benzene rings is 1. The lowest BCUT2D eigenvalue weighted by Crippen LogP contribution is -2.46. The summed E-state index contributed by atoms with van der Waals surface area (Å²) < 4.78 is 11.2. The molecule has 0 aromatic heterocycles. The minimum atomic E-state index is 0.0931. The van der Waals surface area contributed by atoms with Gasteiger partial charge in [0.05, 0.1) is 12.7 Å². The average molecular weight is 277 g/mol. The third kappa shape index (κ3) is 3.74.